The van der Waals surface area contributed by atoms with Crippen molar-refractivity contribution in [1.29, 1.82) is 0 Å². The zero-order chi connectivity index (χ0) is 25.8. The molecule has 11 heteroatoms. The number of fused-ring (bicyclic) bond motifs is 1. The molecule has 2 saturated heterocycles. The summed E-state index contributed by atoms with van der Waals surface area (Å²) >= 11 is 0. The SMILES string of the molecule is O=C(O)C(F)(F)F.O=C(c1cc2ccccc2[nH]1)N1CCCC2(COCCN(c3cccnc3)C2)C1. The lowest BCUT2D eigenvalue weighted by Gasteiger charge is -2.43. The van der Waals surface area contributed by atoms with Crippen molar-refractivity contribution in [1.82, 2.24) is 14.9 Å². The van der Waals surface area contributed by atoms with E-state index >= 15 is 0 Å². The average Bonchev–Trinajstić information content (AvgIpc) is 3.20. The summed E-state index contributed by atoms with van der Waals surface area (Å²) in [5.74, 6) is -2.68. The Labute approximate surface area is 205 Å². The number of H-pyrrole nitrogens is 1. The number of aliphatic carboxylic acids is 1. The topological polar surface area (TPSA) is 98.8 Å². The van der Waals surface area contributed by atoms with Gasteiger partial charge < -0.3 is 24.6 Å². The third-order valence-electron chi connectivity index (χ3n) is 6.40. The van der Waals surface area contributed by atoms with Crippen LogP contribution in [0, 0.1) is 5.41 Å². The molecular weight excluding hydrogens is 477 g/mol. The second kappa shape index (κ2) is 10.6. The first-order chi connectivity index (χ1) is 17.2. The molecule has 0 radical (unpaired) electrons. The molecule has 2 N–H and O–H groups in total. The number of nitrogens with one attached hydrogen (secondary N) is 1. The summed E-state index contributed by atoms with van der Waals surface area (Å²) in [5.41, 5.74) is 2.74. The first-order valence-electron chi connectivity index (χ1n) is 11.6. The molecule has 8 nitrogen and oxygen atoms in total. The quantitative estimate of drug-likeness (QED) is 0.548. The average molecular weight is 505 g/mol. The number of benzene rings is 1. The molecule has 2 fully saturated rings. The minimum absolute atomic E-state index is 0.0493. The lowest BCUT2D eigenvalue weighted by Crippen LogP contribution is -2.52. The van der Waals surface area contributed by atoms with Crippen LogP contribution in [0.1, 0.15) is 23.3 Å². The number of ether oxygens (including phenoxy) is 1. The molecule has 5 rings (SSSR count). The van der Waals surface area contributed by atoms with Gasteiger partial charge in [-0.05, 0) is 37.1 Å². The van der Waals surface area contributed by atoms with Crippen LogP contribution in [0.15, 0.2) is 54.9 Å². The van der Waals surface area contributed by atoms with Crippen LogP contribution in [0.3, 0.4) is 0 Å². The highest BCUT2D eigenvalue weighted by atomic mass is 19.4. The number of alkyl halides is 3. The molecule has 1 amide bonds. The van der Waals surface area contributed by atoms with E-state index in [1.165, 1.54) is 0 Å². The molecule has 4 heterocycles. The van der Waals surface area contributed by atoms with E-state index in [1.807, 2.05) is 47.5 Å². The van der Waals surface area contributed by atoms with Gasteiger partial charge in [0.15, 0.2) is 0 Å². The van der Waals surface area contributed by atoms with E-state index in [4.69, 9.17) is 14.6 Å². The highest BCUT2D eigenvalue weighted by Crippen LogP contribution is 2.35. The summed E-state index contributed by atoms with van der Waals surface area (Å²) < 4.78 is 37.7. The van der Waals surface area contributed by atoms with E-state index < -0.39 is 12.1 Å². The number of rotatable bonds is 2. The van der Waals surface area contributed by atoms with Crippen molar-refractivity contribution in [3.8, 4) is 0 Å². The number of amides is 1. The third kappa shape index (κ3) is 5.96. The smallest absolute Gasteiger partial charge is 0.475 e. The zero-order valence-electron chi connectivity index (χ0n) is 19.5. The van der Waals surface area contributed by atoms with Crippen LogP contribution in [-0.4, -0.2) is 77.4 Å². The van der Waals surface area contributed by atoms with E-state index in [0.29, 0.717) is 18.9 Å². The van der Waals surface area contributed by atoms with E-state index in [1.54, 1.807) is 6.20 Å². The van der Waals surface area contributed by atoms with Crippen LogP contribution >= 0.6 is 0 Å². The van der Waals surface area contributed by atoms with Crippen LogP contribution < -0.4 is 4.90 Å². The van der Waals surface area contributed by atoms with Crippen LogP contribution in [0.5, 0.6) is 0 Å². The van der Waals surface area contributed by atoms with Crippen LogP contribution in [0.2, 0.25) is 0 Å². The summed E-state index contributed by atoms with van der Waals surface area (Å²) in [6.45, 7) is 4.65. The van der Waals surface area contributed by atoms with Crippen molar-refractivity contribution in [2.45, 2.75) is 19.0 Å². The maximum absolute atomic E-state index is 13.3. The Bertz CT molecular complexity index is 1170. The van der Waals surface area contributed by atoms with Crippen LogP contribution in [-0.2, 0) is 9.53 Å². The standard InChI is InChI=1S/C23H26N4O2.C2HF3O2/c28-22(21-13-18-5-1-2-7-20(18)25-21)27-10-4-8-23(16-27)15-26(11-12-29-17-23)19-6-3-9-24-14-19;3-2(4,5)1(6)7/h1-3,5-7,9,13-14,25H,4,8,10-12,15-17H2;(H,6,7). The van der Waals surface area contributed by atoms with Crippen molar-refractivity contribution >= 4 is 28.5 Å². The number of carboxylic acid groups (broad SMARTS) is 1. The molecule has 1 aromatic carbocycles. The van der Waals surface area contributed by atoms with Gasteiger partial charge in [-0.15, -0.1) is 0 Å². The number of aromatic nitrogens is 2. The Morgan fingerprint density at radius 1 is 1.11 bits per heavy atom. The Morgan fingerprint density at radius 3 is 2.58 bits per heavy atom. The number of hydrogen-bond donors (Lipinski definition) is 2. The first-order valence-corrected chi connectivity index (χ1v) is 11.6. The van der Waals surface area contributed by atoms with E-state index in [9.17, 15) is 18.0 Å². The fourth-order valence-corrected chi connectivity index (χ4v) is 4.74. The monoisotopic (exact) mass is 504 g/mol. The highest BCUT2D eigenvalue weighted by molar-refractivity contribution is 5.98. The lowest BCUT2D eigenvalue weighted by atomic mass is 9.80. The molecule has 2 aliphatic heterocycles. The normalized spacial score (nSPS) is 20.5. The number of carboxylic acids is 1. The highest BCUT2D eigenvalue weighted by Gasteiger charge is 2.41. The number of pyridine rings is 1. The molecule has 1 spiro atoms. The van der Waals surface area contributed by atoms with E-state index in [0.717, 1.165) is 55.6 Å². The summed E-state index contributed by atoms with van der Waals surface area (Å²) in [6, 6.07) is 14.1. The fourth-order valence-electron chi connectivity index (χ4n) is 4.74. The van der Waals surface area contributed by atoms with E-state index in [2.05, 4.69) is 20.9 Å². The van der Waals surface area contributed by atoms with Gasteiger partial charge in [-0.1, -0.05) is 18.2 Å². The van der Waals surface area contributed by atoms with Gasteiger partial charge >= 0.3 is 12.1 Å². The molecule has 192 valence electrons. The van der Waals surface area contributed by atoms with Gasteiger partial charge in [0.25, 0.3) is 5.91 Å². The Kier molecular flexibility index (Phi) is 7.48. The predicted octanol–water partition coefficient (Wildman–Crippen LogP) is 3.96. The Morgan fingerprint density at radius 2 is 1.89 bits per heavy atom. The third-order valence-corrected chi connectivity index (χ3v) is 6.40. The van der Waals surface area contributed by atoms with Gasteiger partial charge in [-0.3, -0.25) is 9.78 Å². The zero-order valence-corrected chi connectivity index (χ0v) is 19.5. The maximum Gasteiger partial charge on any atom is 0.490 e. The van der Waals surface area contributed by atoms with E-state index in [-0.39, 0.29) is 11.3 Å². The lowest BCUT2D eigenvalue weighted by molar-refractivity contribution is -0.192. The first kappa shape index (κ1) is 25.5. The molecule has 2 aromatic heterocycles. The number of halogens is 3. The van der Waals surface area contributed by atoms with Crippen molar-refractivity contribution in [3.05, 3.63) is 60.6 Å². The Hall–Kier alpha value is -3.60. The molecule has 0 aliphatic carbocycles. The number of carbonyl (C=O) groups excluding carboxylic acids is 1. The molecule has 1 atom stereocenters. The van der Waals surface area contributed by atoms with Crippen molar-refractivity contribution < 1.29 is 32.6 Å². The summed E-state index contributed by atoms with van der Waals surface area (Å²) in [5, 5.41) is 8.20. The minimum atomic E-state index is -5.08. The van der Waals surface area contributed by atoms with Crippen LogP contribution in [0.4, 0.5) is 18.9 Å². The largest absolute Gasteiger partial charge is 0.490 e. The van der Waals surface area contributed by atoms with Crippen molar-refractivity contribution in [3.63, 3.8) is 0 Å². The molecule has 2 aliphatic rings. The number of hydrogen-bond acceptors (Lipinski definition) is 5. The minimum Gasteiger partial charge on any atom is -0.475 e. The van der Waals surface area contributed by atoms with Crippen LogP contribution in [0.25, 0.3) is 10.9 Å². The van der Waals surface area contributed by atoms with Gasteiger partial charge in [-0.25, -0.2) is 4.79 Å². The maximum atomic E-state index is 13.3. The summed E-state index contributed by atoms with van der Waals surface area (Å²) in [4.78, 5) is 34.1. The summed E-state index contributed by atoms with van der Waals surface area (Å²) in [6.07, 6.45) is 0.695. The number of aromatic amines is 1. The number of piperidine rings is 1. The van der Waals surface area contributed by atoms with Crippen molar-refractivity contribution in [2.24, 2.45) is 5.41 Å². The predicted molar refractivity (Wildman–Crippen MR) is 127 cm³/mol. The molecule has 36 heavy (non-hydrogen) atoms. The molecular formula is C25H27F3N4O4. The van der Waals surface area contributed by atoms with Gasteiger partial charge in [0.2, 0.25) is 0 Å². The molecule has 0 saturated carbocycles. The summed E-state index contributed by atoms with van der Waals surface area (Å²) in [7, 11) is 0. The van der Waals surface area contributed by atoms with Gasteiger partial charge in [-0.2, -0.15) is 13.2 Å². The molecule has 3 aromatic rings. The van der Waals surface area contributed by atoms with Gasteiger partial charge in [0.05, 0.1) is 25.1 Å². The van der Waals surface area contributed by atoms with Gasteiger partial charge in [0.1, 0.15) is 5.69 Å². The Balaban J connectivity index is 0.000000384. The fraction of sp³-hybridized carbons (Fsp3) is 0.400. The number of carbonyl (C=O) groups is 2. The number of nitrogens with zero attached hydrogens (tertiary/aromatic N) is 3. The number of anilines is 1. The second-order valence-corrected chi connectivity index (χ2v) is 9.09. The van der Waals surface area contributed by atoms with Crippen molar-refractivity contribution in [2.75, 3.05) is 44.3 Å². The number of likely N-dealkylation sites (tertiary alicyclic amines) is 1. The van der Waals surface area contributed by atoms with Gasteiger partial charge in [0, 0.05) is 48.7 Å². The molecule has 1 unspecified atom stereocenters. The second-order valence-electron chi connectivity index (χ2n) is 9.09. The molecule has 0 bridgehead atoms. The number of para-hydroxylation sites is 1.